The first-order valence-electron chi connectivity index (χ1n) is 7.48. The normalized spacial score (nSPS) is 12.4. The van der Waals surface area contributed by atoms with Gasteiger partial charge in [-0.25, -0.2) is 0 Å². The van der Waals surface area contributed by atoms with Gasteiger partial charge in [-0.2, -0.15) is 5.26 Å². The SMILES string of the molecule is CC(C)CC(CN(C)C)NCc1cccc(OCC#N)c1. The summed E-state index contributed by atoms with van der Waals surface area (Å²) in [6.07, 6.45) is 1.16. The maximum Gasteiger partial charge on any atom is 0.174 e. The van der Waals surface area contributed by atoms with Crippen LogP contribution in [0.2, 0.25) is 0 Å². The second-order valence-corrected chi connectivity index (χ2v) is 6.06. The van der Waals surface area contributed by atoms with Crippen LogP contribution in [-0.2, 0) is 6.54 Å². The molecular weight excluding hydrogens is 262 g/mol. The molecule has 0 spiro atoms. The lowest BCUT2D eigenvalue weighted by atomic mass is 10.0. The topological polar surface area (TPSA) is 48.3 Å². The summed E-state index contributed by atoms with van der Waals surface area (Å²) in [7, 11) is 4.21. The molecule has 4 heteroatoms. The molecule has 1 rings (SSSR count). The van der Waals surface area contributed by atoms with E-state index in [1.54, 1.807) is 0 Å². The first kappa shape index (κ1) is 17.5. The maximum absolute atomic E-state index is 8.55. The molecule has 0 aliphatic rings. The van der Waals surface area contributed by atoms with Crippen molar-refractivity contribution in [2.24, 2.45) is 5.92 Å². The zero-order valence-electron chi connectivity index (χ0n) is 13.6. The van der Waals surface area contributed by atoms with Crippen LogP contribution in [0.5, 0.6) is 5.75 Å². The Balaban J connectivity index is 2.56. The summed E-state index contributed by atoms with van der Waals surface area (Å²) in [5, 5.41) is 12.2. The standard InChI is InChI=1S/C17H27N3O/c1-14(2)10-16(13-20(3)4)19-12-15-6-5-7-17(11-15)21-9-8-18/h5-7,11,14,16,19H,9-10,12-13H2,1-4H3. The number of benzene rings is 1. The molecule has 0 aliphatic carbocycles. The van der Waals surface area contributed by atoms with Crippen molar-refractivity contribution in [3.8, 4) is 11.8 Å². The van der Waals surface area contributed by atoms with E-state index in [4.69, 9.17) is 10.00 Å². The third-order valence-corrected chi connectivity index (χ3v) is 3.14. The summed E-state index contributed by atoms with van der Waals surface area (Å²) in [6.45, 7) is 6.44. The van der Waals surface area contributed by atoms with Gasteiger partial charge in [0.15, 0.2) is 6.61 Å². The molecule has 1 unspecified atom stereocenters. The van der Waals surface area contributed by atoms with Crippen LogP contribution in [0.25, 0.3) is 0 Å². The van der Waals surface area contributed by atoms with Gasteiger partial charge in [0.05, 0.1) is 0 Å². The molecule has 0 fully saturated rings. The van der Waals surface area contributed by atoms with Crippen LogP contribution in [0, 0.1) is 17.2 Å². The number of nitrogens with zero attached hydrogens (tertiary/aromatic N) is 2. The van der Waals surface area contributed by atoms with Crippen LogP contribution >= 0.6 is 0 Å². The molecule has 1 N–H and O–H groups in total. The molecule has 1 atom stereocenters. The van der Waals surface area contributed by atoms with Crippen LogP contribution in [0.3, 0.4) is 0 Å². The van der Waals surface area contributed by atoms with Crippen molar-refractivity contribution in [1.82, 2.24) is 10.2 Å². The van der Waals surface area contributed by atoms with Gasteiger partial charge in [-0.3, -0.25) is 0 Å². The average molecular weight is 289 g/mol. The number of hydrogen-bond acceptors (Lipinski definition) is 4. The van der Waals surface area contributed by atoms with E-state index in [1.165, 1.54) is 5.56 Å². The van der Waals surface area contributed by atoms with Gasteiger partial charge in [0.2, 0.25) is 0 Å². The molecule has 0 aromatic heterocycles. The highest BCUT2D eigenvalue weighted by Crippen LogP contribution is 2.14. The van der Waals surface area contributed by atoms with Gasteiger partial charge in [0.25, 0.3) is 0 Å². The minimum absolute atomic E-state index is 0.0908. The Morgan fingerprint density at radius 1 is 1.33 bits per heavy atom. The molecule has 1 aromatic rings. The van der Waals surface area contributed by atoms with Crippen molar-refractivity contribution < 1.29 is 4.74 Å². The fraction of sp³-hybridized carbons (Fsp3) is 0.588. The summed E-state index contributed by atoms with van der Waals surface area (Å²) in [5.74, 6) is 1.43. The molecule has 0 bridgehead atoms. The van der Waals surface area contributed by atoms with E-state index >= 15 is 0 Å². The van der Waals surface area contributed by atoms with Crippen LogP contribution in [-0.4, -0.2) is 38.2 Å². The molecular formula is C17H27N3O. The van der Waals surface area contributed by atoms with E-state index in [-0.39, 0.29) is 6.61 Å². The Kier molecular flexibility index (Phi) is 7.81. The lowest BCUT2D eigenvalue weighted by Gasteiger charge is -2.24. The van der Waals surface area contributed by atoms with Gasteiger partial charge < -0.3 is 15.0 Å². The monoisotopic (exact) mass is 289 g/mol. The fourth-order valence-corrected chi connectivity index (χ4v) is 2.36. The van der Waals surface area contributed by atoms with Crippen LogP contribution in [0.4, 0.5) is 0 Å². The molecule has 21 heavy (non-hydrogen) atoms. The zero-order valence-corrected chi connectivity index (χ0v) is 13.6. The van der Waals surface area contributed by atoms with Crippen molar-refractivity contribution in [2.45, 2.75) is 32.9 Å². The molecule has 0 heterocycles. The summed E-state index contributed by atoms with van der Waals surface area (Å²) in [5.41, 5.74) is 1.18. The van der Waals surface area contributed by atoms with Crippen LogP contribution < -0.4 is 10.1 Å². The van der Waals surface area contributed by atoms with E-state index in [0.717, 1.165) is 25.3 Å². The average Bonchev–Trinajstić information content (AvgIpc) is 2.42. The lowest BCUT2D eigenvalue weighted by Crippen LogP contribution is -2.38. The summed E-state index contributed by atoms with van der Waals surface area (Å²) >= 11 is 0. The highest BCUT2D eigenvalue weighted by atomic mass is 16.5. The number of rotatable bonds is 9. The molecule has 0 aliphatic heterocycles. The molecule has 1 aromatic carbocycles. The summed E-state index contributed by atoms with van der Waals surface area (Å²) < 4.78 is 5.33. The first-order chi connectivity index (χ1) is 10.0. The first-order valence-corrected chi connectivity index (χ1v) is 7.48. The van der Waals surface area contributed by atoms with E-state index < -0.39 is 0 Å². The van der Waals surface area contributed by atoms with Crippen molar-refractivity contribution in [1.29, 1.82) is 5.26 Å². The van der Waals surface area contributed by atoms with Crippen molar-refractivity contribution >= 4 is 0 Å². The Hall–Kier alpha value is -1.57. The van der Waals surface area contributed by atoms with Gasteiger partial charge >= 0.3 is 0 Å². The van der Waals surface area contributed by atoms with E-state index in [1.807, 2.05) is 24.3 Å². The lowest BCUT2D eigenvalue weighted by molar-refractivity contribution is 0.304. The maximum atomic E-state index is 8.55. The Bertz CT molecular complexity index is 442. The largest absolute Gasteiger partial charge is 0.479 e. The predicted molar refractivity (Wildman–Crippen MR) is 86.2 cm³/mol. The molecule has 0 saturated carbocycles. The smallest absolute Gasteiger partial charge is 0.174 e. The summed E-state index contributed by atoms with van der Waals surface area (Å²) in [4.78, 5) is 2.21. The number of ether oxygens (including phenoxy) is 1. The number of hydrogen-bond donors (Lipinski definition) is 1. The second kappa shape index (κ2) is 9.38. The van der Waals surface area contributed by atoms with Gasteiger partial charge in [0, 0.05) is 19.1 Å². The Labute approximate surface area is 128 Å². The second-order valence-electron chi connectivity index (χ2n) is 6.06. The minimum atomic E-state index is 0.0908. The fourth-order valence-electron chi connectivity index (χ4n) is 2.36. The summed E-state index contributed by atoms with van der Waals surface area (Å²) in [6, 6.07) is 10.4. The van der Waals surface area contributed by atoms with Crippen molar-refractivity contribution in [3.05, 3.63) is 29.8 Å². The third kappa shape index (κ3) is 7.69. The van der Waals surface area contributed by atoms with E-state index in [9.17, 15) is 0 Å². The van der Waals surface area contributed by atoms with Gasteiger partial charge in [-0.15, -0.1) is 0 Å². The molecule has 0 amide bonds. The zero-order chi connectivity index (χ0) is 15.7. The van der Waals surface area contributed by atoms with E-state index in [0.29, 0.717) is 12.0 Å². The molecule has 0 saturated heterocycles. The van der Waals surface area contributed by atoms with Gasteiger partial charge in [-0.05, 0) is 44.1 Å². The molecule has 0 radical (unpaired) electrons. The van der Waals surface area contributed by atoms with E-state index in [2.05, 4.69) is 44.2 Å². The van der Waals surface area contributed by atoms with Gasteiger partial charge in [-0.1, -0.05) is 26.0 Å². The van der Waals surface area contributed by atoms with Crippen LogP contribution in [0.15, 0.2) is 24.3 Å². The van der Waals surface area contributed by atoms with Crippen molar-refractivity contribution in [3.63, 3.8) is 0 Å². The van der Waals surface area contributed by atoms with Gasteiger partial charge in [0.1, 0.15) is 11.8 Å². The molecule has 116 valence electrons. The quantitative estimate of drug-likeness (QED) is 0.759. The number of nitrogens with one attached hydrogen (secondary N) is 1. The Morgan fingerprint density at radius 2 is 2.10 bits per heavy atom. The molecule has 4 nitrogen and oxygen atoms in total. The highest BCUT2D eigenvalue weighted by Gasteiger charge is 2.11. The minimum Gasteiger partial charge on any atom is -0.479 e. The number of likely N-dealkylation sites (N-methyl/N-ethyl adjacent to an activating group) is 1. The highest BCUT2D eigenvalue weighted by molar-refractivity contribution is 5.28. The predicted octanol–water partition coefficient (Wildman–Crippen LogP) is 2.65. The van der Waals surface area contributed by atoms with Crippen molar-refractivity contribution in [2.75, 3.05) is 27.2 Å². The Morgan fingerprint density at radius 3 is 2.71 bits per heavy atom. The third-order valence-electron chi connectivity index (χ3n) is 3.14. The number of nitriles is 1. The van der Waals surface area contributed by atoms with Crippen LogP contribution in [0.1, 0.15) is 25.8 Å².